The van der Waals surface area contributed by atoms with Gasteiger partial charge >= 0.3 is 0 Å². The fraction of sp³-hybridized carbons (Fsp3) is 0.458. The van der Waals surface area contributed by atoms with Gasteiger partial charge in [0.05, 0.1) is 18.6 Å². The molecule has 3 rings (SSSR count). The highest BCUT2D eigenvalue weighted by Gasteiger charge is 2.21. The molecule has 0 aliphatic carbocycles. The second-order valence-corrected chi connectivity index (χ2v) is 10.0. The summed E-state index contributed by atoms with van der Waals surface area (Å²) in [6.45, 7) is 5.74. The number of hydrogen-bond acceptors (Lipinski definition) is 5. The van der Waals surface area contributed by atoms with E-state index in [0.29, 0.717) is 24.6 Å². The Morgan fingerprint density at radius 3 is 2.22 bits per heavy atom. The minimum absolute atomic E-state index is 0.278. The number of rotatable bonds is 10. The molecule has 32 heavy (non-hydrogen) atoms. The van der Waals surface area contributed by atoms with Gasteiger partial charge in [-0.15, -0.1) is 0 Å². The fourth-order valence-corrected chi connectivity index (χ4v) is 4.66. The summed E-state index contributed by atoms with van der Waals surface area (Å²) < 4.78 is 31.0. The van der Waals surface area contributed by atoms with Gasteiger partial charge in [0, 0.05) is 13.1 Å². The molecule has 2 aromatic rings. The van der Waals surface area contributed by atoms with Crippen LogP contribution < -0.4 is 14.4 Å². The van der Waals surface area contributed by atoms with Crippen LogP contribution in [-0.2, 0) is 27.9 Å². The first kappa shape index (κ1) is 24.1. The minimum Gasteiger partial charge on any atom is -0.494 e. The van der Waals surface area contributed by atoms with Crippen molar-refractivity contribution < 1.29 is 17.9 Å². The predicted octanol–water partition coefficient (Wildman–Crippen LogP) is 3.15. The summed E-state index contributed by atoms with van der Waals surface area (Å²) in [6, 6.07) is 14.9. The Labute approximate surface area is 191 Å². The molecule has 2 aromatic carbocycles. The van der Waals surface area contributed by atoms with Gasteiger partial charge in [-0.2, -0.15) is 0 Å². The van der Waals surface area contributed by atoms with Crippen molar-refractivity contribution in [1.82, 2.24) is 10.2 Å². The molecule has 0 unspecified atom stereocenters. The molecule has 1 N–H and O–H groups in total. The van der Waals surface area contributed by atoms with E-state index < -0.39 is 10.0 Å². The molecule has 0 saturated carbocycles. The topological polar surface area (TPSA) is 79.0 Å². The molecule has 174 valence electrons. The number of carbonyl (C=O) groups is 1. The summed E-state index contributed by atoms with van der Waals surface area (Å²) >= 11 is 0. The predicted molar refractivity (Wildman–Crippen MR) is 127 cm³/mol. The third kappa shape index (κ3) is 7.24. The first-order valence-electron chi connectivity index (χ1n) is 11.1. The number of ether oxygens (including phenoxy) is 1. The number of sulfonamides is 1. The van der Waals surface area contributed by atoms with E-state index in [-0.39, 0.29) is 12.5 Å². The van der Waals surface area contributed by atoms with Crippen molar-refractivity contribution in [1.29, 1.82) is 0 Å². The molecule has 1 aliphatic rings. The van der Waals surface area contributed by atoms with Crippen molar-refractivity contribution in [2.45, 2.75) is 39.3 Å². The first-order chi connectivity index (χ1) is 15.3. The lowest BCUT2D eigenvalue weighted by molar-refractivity contribution is -0.119. The lowest BCUT2D eigenvalue weighted by Gasteiger charge is -2.26. The summed E-state index contributed by atoms with van der Waals surface area (Å²) in [7, 11) is -3.61. The molecular formula is C24H33N3O4S. The molecular weight excluding hydrogens is 426 g/mol. The number of amides is 1. The average molecular weight is 460 g/mol. The van der Waals surface area contributed by atoms with E-state index in [4.69, 9.17) is 4.74 Å². The van der Waals surface area contributed by atoms with Crippen LogP contribution in [-0.4, -0.2) is 51.7 Å². The van der Waals surface area contributed by atoms with Gasteiger partial charge in [-0.25, -0.2) is 8.42 Å². The van der Waals surface area contributed by atoms with E-state index in [9.17, 15) is 13.2 Å². The number of benzene rings is 2. The van der Waals surface area contributed by atoms with Crippen LogP contribution in [0.1, 0.15) is 37.3 Å². The summed E-state index contributed by atoms with van der Waals surface area (Å²) in [6.07, 6.45) is 4.96. The van der Waals surface area contributed by atoms with Crippen molar-refractivity contribution in [2.24, 2.45) is 0 Å². The number of likely N-dealkylation sites (tertiary alicyclic amines) is 1. The van der Waals surface area contributed by atoms with Crippen LogP contribution in [0.3, 0.4) is 0 Å². The third-order valence-corrected chi connectivity index (χ3v) is 6.63. The molecule has 1 aliphatic heterocycles. The molecule has 1 fully saturated rings. The third-order valence-electron chi connectivity index (χ3n) is 5.49. The van der Waals surface area contributed by atoms with Crippen LogP contribution >= 0.6 is 0 Å². The van der Waals surface area contributed by atoms with E-state index in [1.54, 1.807) is 24.3 Å². The standard InChI is InChI=1S/C24H33N3O4S/c1-3-31-23-13-11-22(12-14-23)27(32(2,29)30)19-24(28)25-17-20-7-9-21(10-8-20)18-26-15-5-4-6-16-26/h7-14H,3-6,15-19H2,1-2H3,(H,25,28). The number of nitrogens with one attached hydrogen (secondary N) is 1. The highest BCUT2D eigenvalue weighted by Crippen LogP contribution is 2.21. The van der Waals surface area contributed by atoms with Crippen LogP contribution in [0.15, 0.2) is 48.5 Å². The summed E-state index contributed by atoms with van der Waals surface area (Å²) in [4.78, 5) is 15.0. The number of carbonyl (C=O) groups excluding carboxylic acids is 1. The summed E-state index contributed by atoms with van der Waals surface area (Å²) in [5, 5.41) is 2.82. The summed E-state index contributed by atoms with van der Waals surface area (Å²) in [5.74, 6) is 0.291. The zero-order valence-electron chi connectivity index (χ0n) is 18.9. The second kappa shape index (κ2) is 11.3. The van der Waals surface area contributed by atoms with Crippen LogP contribution in [0.25, 0.3) is 0 Å². The van der Waals surface area contributed by atoms with Gasteiger partial charge in [0.2, 0.25) is 15.9 Å². The van der Waals surface area contributed by atoms with Crippen molar-refractivity contribution in [2.75, 3.05) is 36.8 Å². The zero-order chi connectivity index (χ0) is 23.0. The molecule has 1 amide bonds. The van der Waals surface area contributed by atoms with Gasteiger partial charge < -0.3 is 10.1 Å². The number of piperidine rings is 1. The van der Waals surface area contributed by atoms with Crippen LogP contribution in [0.5, 0.6) is 5.75 Å². The Morgan fingerprint density at radius 1 is 1.00 bits per heavy atom. The van der Waals surface area contributed by atoms with Crippen molar-refractivity contribution in [3.63, 3.8) is 0 Å². The molecule has 1 saturated heterocycles. The van der Waals surface area contributed by atoms with E-state index in [1.165, 1.54) is 24.8 Å². The number of anilines is 1. The van der Waals surface area contributed by atoms with Gasteiger partial charge in [0.25, 0.3) is 0 Å². The maximum atomic E-state index is 12.5. The van der Waals surface area contributed by atoms with Crippen LogP contribution in [0.4, 0.5) is 5.69 Å². The second-order valence-electron chi connectivity index (χ2n) is 8.13. The van der Waals surface area contributed by atoms with E-state index in [2.05, 4.69) is 22.3 Å². The van der Waals surface area contributed by atoms with Gasteiger partial charge in [-0.1, -0.05) is 30.7 Å². The molecule has 7 nitrogen and oxygen atoms in total. The van der Waals surface area contributed by atoms with Gasteiger partial charge in [0.1, 0.15) is 12.3 Å². The number of hydrogen-bond donors (Lipinski definition) is 1. The molecule has 0 atom stereocenters. The van der Waals surface area contributed by atoms with Crippen LogP contribution in [0, 0.1) is 0 Å². The Kier molecular flexibility index (Phi) is 8.53. The number of nitrogens with zero attached hydrogens (tertiary/aromatic N) is 2. The average Bonchev–Trinajstić information content (AvgIpc) is 2.78. The van der Waals surface area contributed by atoms with Crippen molar-refractivity contribution in [3.8, 4) is 5.75 Å². The van der Waals surface area contributed by atoms with Gasteiger partial charge in [0.15, 0.2) is 0 Å². The largest absolute Gasteiger partial charge is 0.494 e. The fourth-order valence-electron chi connectivity index (χ4n) is 3.80. The maximum Gasteiger partial charge on any atom is 0.241 e. The molecule has 0 aromatic heterocycles. The molecule has 0 bridgehead atoms. The molecule has 0 radical (unpaired) electrons. The zero-order valence-corrected chi connectivity index (χ0v) is 19.7. The highest BCUT2D eigenvalue weighted by atomic mass is 32.2. The lowest BCUT2D eigenvalue weighted by atomic mass is 10.1. The maximum absolute atomic E-state index is 12.5. The highest BCUT2D eigenvalue weighted by molar-refractivity contribution is 7.92. The molecule has 0 spiro atoms. The minimum atomic E-state index is -3.61. The van der Waals surface area contributed by atoms with E-state index in [0.717, 1.165) is 35.8 Å². The van der Waals surface area contributed by atoms with Crippen LogP contribution in [0.2, 0.25) is 0 Å². The smallest absolute Gasteiger partial charge is 0.241 e. The van der Waals surface area contributed by atoms with Crippen molar-refractivity contribution in [3.05, 3.63) is 59.7 Å². The van der Waals surface area contributed by atoms with E-state index >= 15 is 0 Å². The SMILES string of the molecule is CCOc1ccc(N(CC(=O)NCc2ccc(CN3CCCCC3)cc2)S(C)(=O)=O)cc1. The summed E-state index contributed by atoms with van der Waals surface area (Å²) in [5.41, 5.74) is 2.67. The van der Waals surface area contributed by atoms with Crippen molar-refractivity contribution >= 4 is 21.6 Å². The normalized spacial score (nSPS) is 14.7. The van der Waals surface area contributed by atoms with E-state index in [1.807, 2.05) is 19.1 Å². The van der Waals surface area contributed by atoms with Gasteiger partial charge in [-0.05, 0) is 68.2 Å². The molecule has 8 heteroatoms. The molecule has 1 heterocycles. The first-order valence-corrected chi connectivity index (χ1v) is 13.0. The van der Waals surface area contributed by atoms with Gasteiger partial charge in [-0.3, -0.25) is 14.0 Å². The monoisotopic (exact) mass is 459 g/mol. The Morgan fingerprint density at radius 2 is 1.62 bits per heavy atom. The Hall–Kier alpha value is -2.58. The quantitative estimate of drug-likeness (QED) is 0.591. The lowest BCUT2D eigenvalue weighted by Crippen LogP contribution is -2.40. The Bertz CT molecular complexity index is 969. The Balaban J connectivity index is 1.54.